The number of hydrogen-bond donors (Lipinski definition) is 2. The zero-order valence-electron chi connectivity index (χ0n) is 21.7. The fourth-order valence-corrected chi connectivity index (χ4v) is 4.72. The van der Waals surface area contributed by atoms with Gasteiger partial charge >= 0.3 is 11.4 Å². The van der Waals surface area contributed by atoms with Gasteiger partial charge in [0.05, 0.1) is 18.0 Å². The number of anilines is 1. The number of rotatable bonds is 11. The van der Waals surface area contributed by atoms with E-state index in [2.05, 4.69) is 25.3 Å². The fraction of sp³-hybridized carbons (Fsp3) is 0.214. The van der Waals surface area contributed by atoms with Crippen molar-refractivity contribution < 1.29 is 4.74 Å². The van der Waals surface area contributed by atoms with E-state index >= 15 is 0 Å². The molecule has 5 aromatic rings. The first-order valence-corrected chi connectivity index (χ1v) is 13.5. The molecule has 0 amide bonds. The van der Waals surface area contributed by atoms with Crippen molar-refractivity contribution in [1.82, 2.24) is 29.5 Å². The molecule has 0 unspecified atom stereocenters. The maximum absolute atomic E-state index is 12.6. The SMILES string of the molecule is CCOc1ccc(N(CCc2n[nH]c(=O)n2-c2ccc(Cl)cc2)CCc2n[nH]c(=O)n2-c2ccc(Cl)cc2)cc1. The smallest absolute Gasteiger partial charge is 0.347 e. The van der Waals surface area contributed by atoms with E-state index in [4.69, 9.17) is 27.9 Å². The van der Waals surface area contributed by atoms with Gasteiger partial charge in [-0.1, -0.05) is 23.2 Å². The van der Waals surface area contributed by atoms with E-state index in [0.717, 1.165) is 11.4 Å². The first kappa shape index (κ1) is 27.3. The Hall–Kier alpha value is -4.28. The summed E-state index contributed by atoms with van der Waals surface area (Å²) in [6, 6.07) is 21.9. The summed E-state index contributed by atoms with van der Waals surface area (Å²) in [5, 5.41) is 14.8. The van der Waals surface area contributed by atoms with E-state index in [1.54, 1.807) is 57.7 Å². The number of nitrogens with zero attached hydrogens (tertiary/aromatic N) is 5. The van der Waals surface area contributed by atoms with Crippen molar-refractivity contribution >= 4 is 28.9 Å². The van der Waals surface area contributed by atoms with Crippen LogP contribution in [0.2, 0.25) is 10.0 Å². The van der Waals surface area contributed by atoms with Crippen LogP contribution < -0.4 is 21.0 Å². The van der Waals surface area contributed by atoms with Gasteiger partial charge in [0.15, 0.2) is 0 Å². The van der Waals surface area contributed by atoms with E-state index in [-0.39, 0.29) is 11.4 Å². The van der Waals surface area contributed by atoms with Gasteiger partial charge in [0.25, 0.3) is 0 Å². The average molecular weight is 580 g/mol. The van der Waals surface area contributed by atoms with Gasteiger partial charge < -0.3 is 9.64 Å². The maximum atomic E-state index is 12.6. The summed E-state index contributed by atoms with van der Waals surface area (Å²) in [5.74, 6) is 1.95. The molecule has 0 aliphatic rings. The second-order valence-corrected chi connectivity index (χ2v) is 9.80. The minimum absolute atomic E-state index is 0.326. The van der Waals surface area contributed by atoms with Gasteiger partial charge in [0.1, 0.15) is 17.4 Å². The number of aromatic amines is 2. The Morgan fingerprint density at radius 2 is 1.18 bits per heavy atom. The number of benzene rings is 3. The Balaban J connectivity index is 1.40. The van der Waals surface area contributed by atoms with Crippen LogP contribution in [-0.2, 0) is 12.8 Å². The lowest BCUT2D eigenvalue weighted by Crippen LogP contribution is -2.30. The molecule has 10 nitrogen and oxygen atoms in total. The molecule has 206 valence electrons. The van der Waals surface area contributed by atoms with Crippen LogP contribution in [0.25, 0.3) is 11.4 Å². The lowest BCUT2D eigenvalue weighted by atomic mass is 10.2. The quantitative estimate of drug-likeness (QED) is 0.239. The molecule has 0 spiro atoms. The predicted molar refractivity (Wildman–Crippen MR) is 156 cm³/mol. The number of nitrogens with one attached hydrogen (secondary N) is 2. The summed E-state index contributed by atoms with van der Waals surface area (Å²) in [4.78, 5) is 27.3. The van der Waals surface area contributed by atoms with Gasteiger partial charge in [-0.2, -0.15) is 10.2 Å². The summed E-state index contributed by atoms with van der Waals surface area (Å²) < 4.78 is 8.69. The molecule has 0 aliphatic carbocycles. The van der Waals surface area contributed by atoms with Crippen LogP contribution in [0.4, 0.5) is 5.69 Å². The molecule has 0 radical (unpaired) electrons. The number of ether oxygens (including phenoxy) is 1. The largest absolute Gasteiger partial charge is 0.494 e. The molecule has 0 saturated carbocycles. The van der Waals surface area contributed by atoms with E-state index < -0.39 is 0 Å². The molecule has 2 heterocycles. The highest BCUT2D eigenvalue weighted by atomic mass is 35.5. The summed E-state index contributed by atoms with van der Waals surface area (Å²) in [6.07, 6.45) is 0.943. The highest BCUT2D eigenvalue weighted by molar-refractivity contribution is 6.30. The third-order valence-electron chi connectivity index (χ3n) is 6.38. The highest BCUT2D eigenvalue weighted by Gasteiger charge is 2.16. The first-order chi connectivity index (χ1) is 19.4. The Bertz CT molecular complexity index is 1570. The van der Waals surface area contributed by atoms with Crippen LogP contribution in [-0.4, -0.2) is 49.2 Å². The molecule has 0 bridgehead atoms. The van der Waals surface area contributed by atoms with Crippen LogP contribution in [0.15, 0.2) is 82.4 Å². The number of hydrogen-bond acceptors (Lipinski definition) is 6. The number of halogens is 2. The molecule has 0 atom stereocenters. The molecule has 3 aromatic carbocycles. The Morgan fingerprint density at radius 1 is 0.725 bits per heavy atom. The summed E-state index contributed by atoms with van der Waals surface area (Å²) in [7, 11) is 0. The van der Waals surface area contributed by atoms with Gasteiger partial charge in [-0.05, 0) is 79.7 Å². The number of H-pyrrole nitrogens is 2. The van der Waals surface area contributed by atoms with E-state index in [0.29, 0.717) is 65.6 Å². The molecule has 0 aliphatic heterocycles. The number of aromatic nitrogens is 6. The molecule has 0 saturated heterocycles. The third-order valence-corrected chi connectivity index (χ3v) is 6.88. The van der Waals surface area contributed by atoms with Crippen molar-refractivity contribution in [2.75, 3.05) is 24.6 Å². The maximum Gasteiger partial charge on any atom is 0.347 e. The fourth-order valence-electron chi connectivity index (χ4n) is 4.47. The van der Waals surface area contributed by atoms with Crippen molar-refractivity contribution in [3.8, 4) is 17.1 Å². The minimum atomic E-state index is -0.326. The Morgan fingerprint density at radius 3 is 1.60 bits per heavy atom. The van der Waals surface area contributed by atoms with Gasteiger partial charge in [0.2, 0.25) is 0 Å². The average Bonchev–Trinajstić information content (AvgIpc) is 3.52. The lowest BCUT2D eigenvalue weighted by Gasteiger charge is -2.25. The van der Waals surface area contributed by atoms with Crippen LogP contribution in [0, 0.1) is 0 Å². The Kier molecular flexibility index (Phi) is 8.37. The van der Waals surface area contributed by atoms with Crippen molar-refractivity contribution in [2.24, 2.45) is 0 Å². The van der Waals surface area contributed by atoms with Gasteiger partial charge in [-0.3, -0.25) is 0 Å². The predicted octanol–water partition coefficient (Wildman–Crippen LogP) is 4.43. The standard InChI is InChI=1S/C28H27Cl2N7O3/c1-2-40-24-13-11-21(12-14-24)35(17-15-25-31-33-27(38)36(25)22-7-3-19(29)4-8-22)18-16-26-32-34-28(39)37(26)23-9-5-20(30)6-10-23/h3-14H,2,15-18H2,1H3,(H,33,38)(H,34,39). The summed E-state index contributed by atoms with van der Waals surface area (Å²) >= 11 is 12.1. The third kappa shape index (κ3) is 6.13. The lowest BCUT2D eigenvalue weighted by molar-refractivity contribution is 0.340. The van der Waals surface area contributed by atoms with E-state index in [9.17, 15) is 9.59 Å². The molecular weight excluding hydrogens is 553 g/mol. The molecule has 0 fully saturated rings. The second kappa shape index (κ2) is 12.3. The van der Waals surface area contributed by atoms with Crippen molar-refractivity contribution in [3.05, 3.63) is 115 Å². The molecule has 5 rings (SSSR count). The topological polar surface area (TPSA) is 114 Å². The van der Waals surface area contributed by atoms with Crippen LogP contribution in [0.3, 0.4) is 0 Å². The van der Waals surface area contributed by atoms with Gasteiger partial charge in [0, 0.05) is 41.7 Å². The molecule has 40 heavy (non-hydrogen) atoms. The molecular formula is C28H27Cl2N7O3. The van der Waals surface area contributed by atoms with Crippen molar-refractivity contribution in [3.63, 3.8) is 0 Å². The molecule has 2 N–H and O–H groups in total. The molecule has 2 aromatic heterocycles. The van der Waals surface area contributed by atoms with Crippen molar-refractivity contribution in [2.45, 2.75) is 19.8 Å². The van der Waals surface area contributed by atoms with E-state index in [1.165, 1.54) is 0 Å². The molecule has 12 heteroatoms. The van der Waals surface area contributed by atoms with Crippen LogP contribution in [0.5, 0.6) is 5.75 Å². The van der Waals surface area contributed by atoms with Crippen LogP contribution >= 0.6 is 23.2 Å². The second-order valence-electron chi connectivity index (χ2n) is 8.93. The minimum Gasteiger partial charge on any atom is -0.494 e. The van der Waals surface area contributed by atoms with Crippen LogP contribution in [0.1, 0.15) is 18.6 Å². The zero-order chi connectivity index (χ0) is 28.1. The summed E-state index contributed by atoms with van der Waals surface area (Å²) in [5.41, 5.74) is 1.65. The van der Waals surface area contributed by atoms with Gasteiger partial charge in [-0.15, -0.1) is 0 Å². The highest BCUT2D eigenvalue weighted by Crippen LogP contribution is 2.21. The van der Waals surface area contributed by atoms with E-state index in [1.807, 2.05) is 31.2 Å². The summed E-state index contributed by atoms with van der Waals surface area (Å²) in [6.45, 7) is 3.60. The van der Waals surface area contributed by atoms with Gasteiger partial charge in [-0.25, -0.2) is 28.9 Å². The first-order valence-electron chi connectivity index (χ1n) is 12.7. The normalized spacial score (nSPS) is 11.1. The Labute approximate surface area is 239 Å². The monoisotopic (exact) mass is 579 g/mol. The zero-order valence-corrected chi connectivity index (χ0v) is 23.2. The van der Waals surface area contributed by atoms with Crippen molar-refractivity contribution in [1.29, 1.82) is 0 Å².